The molecule has 6 bridgehead atoms. The SMILES string of the molecule is CCn1c(-c2cc(N3CCN4CCOC[C@@H]4C3)cnc2[C@H](C)OC)c2c3cc(ccc31)-c1csc(n1)C[C@H](NC(=O)C(C1CCCC1)N1CC[C@]3(CCN(C(=O)[C@@H]4NC4C4CC4)C3)C1)C(=O)N1CCC[C@H](N1)C(=O)OCC(C)(C)C2. The quantitative estimate of drug-likeness (QED) is 0.118. The molecule has 19 heteroatoms. The number of ether oxygens (including phenoxy) is 3. The van der Waals surface area contributed by atoms with E-state index in [2.05, 4.69) is 97.6 Å². The highest BCUT2D eigenvalue weighted by Gasteiger charge is 2.55. The van der Waals surface area contributed by atoms with E-state index in [1.54, 1.807) is 12.1 Å². The van der Waals surface area contributed by atoms with Gasteiger partial charge in [0.15, 0.2) is 0 Å². The second-order valence-corrected chi connectivity index (χ2v) is 26.8. The van der Waals surface area contributed by atoms with Crippen LogP contribution in [0.15, 0.2) is 35.8 Å². The molecule has 1 aromatic carbocycles. The maximum absolute atomic E-state index is 15.2. The number of amides is 3. The maximum Gasteiger partial charge on any atom is 0.324 e. The van der Waals surface area contributed by atoms with Crippen molar-refractivity contribution < 1.29 is 33.4 Å². The van der Waals surface area contributed by atoms with Crippen molar-refractivity contribution in [3.63, 3.8) is 0 Å². The summed E-state index contributed by atoms with van der Waals surface area (Å²) in [7, 11) is 1.74. The summed E-state index contributed by atoms with van der Waals surface area (Å²) in [6.07, 6.45) is 12.0. The van der Waals surface area contributed by atoms with Crippen LogP contribution in [0.1, 0.15) is 114 Å². The number of fused-ring (bicyclic) bond motifs is 7. The number of likely N-dealkylation sites (tertiary alicyclic amines) is 2. The second kappa shape index (κ2) is 22.0. The van der Waals surface area contributed by atoms with Gasteiger partial charge in [0.05, 0.1) is 72.0 Å². The van der Waals surface area contributed by atoms with Gasteiger partial charge in [0.25, 0.3) is 5.91 Å². The number of nitrogens with one attached hydrogen (secondary N) is 3. The molecule has 1 spiro atoms. The smallest absolute Gasteiger partial charge is 0.324 e. The minimum atomic E-state index is -0.935. The van der Waals surface area contributed by atoms with Crippen molar-refractivity contribution in [3.8, 4) is 22.5 Å². The average Bonchev–Trinajstić information content (AvgIpc) is 4.34. The number of benzene rings is 1. The normalized spacial score (nSPS) is 29.5. The summed E-state index contributed by atoms with van der Waals surface area (Å²) >= 11 is 1.51. The molecule has 3 N–H and O–H groups in total. The van der Waals surface area contributed by atoms with E-state index in [1.807, 2.05) is 6.20 Å². The number of nitrogens with zero attached hydrogens (tertiary/aromatic N) is 8. The lowest BCUT2D eigenvalue weighted by Crippen LogP contribution is -2.62. The summed E-state index contributed by atoms with van der Waals surface area (Å²) in [4.78, 5) is 78.3. The Balaban J connectivity index is 0.827. The number of carbonyl (C=O) groups excluding carboxylic acids is 4. The molecule has 2 unspecified atom stereocenters. The number of esters is 1. The fourth-order valence-electron chi connectivity index (χ4n) is 15.1. The van der Waals surface area contributed by atoms with E-state index in [0.717, 1.165) is 159 Å². The first kappa shape index (κ1) is 54.2. The summed E-state index contributed by atoms with van der Waals surface area (Å²) in [6, 6.07) is 7.52. The third kappa shape index (κ3) is 10.6. The number of pyridine rings is 1. The molecule has 2 aliphatic carbocycles. The molecule has 6 saturated heterocycles. The van der Waals surface area contributed by atoms with Gasteiger partial charge in [0.1, 0.15) is 18.1 Å². The lowest BCUT2D eigenvalue weighted by molar-refractivity contribution is -0.155. The van der Waals surface area contributed by atoms with Crippen LogP contribution in [0.25, 0.3) is 33.4 Å². The summed E-state index contributed by atoms with van der Waals surface area (Å²) in [5.41, 5.74) is 10.8. The molecule has 10 heterocycles. The number of anilines is 1. The van der Waals surface area contributed by atoms with Gasteiger partial charge in [0.2, 0.25) is 11.8 Å². The number of morpholine rings is 1. The van der Waals surface area contributed by atoms with Gasteiger partial charge in [-0.3, -0.25) is 44.3 Å². The summed E-state index contributed by atoms with van der Waals surface area (Å²) < 4.78 is 20.7. The van der Waals surface area contributed by atoms with Crippen molar-refractivity contribution >= 4 is 51.6 Å². The van der Waals surface area contributed by atoms with E-state index in [9.17, 15) is 9.59 Å². The lowest BCUT2D eigenvalue weighted by Gasteiger charge is -2.44. The number of aromatic nitrogens is 3. The number of hydrazine groups is 1. The van der Waals surface area contributed by atoms with Gasteiger partial charge >= 0.3 is 5.97 Å². The van der Waals surface area contributed by atoms with Crippen molar-refractivity contribution in [1.29, 1.82) is 0 Å². The zero-order valence-electron chi connectivity index (χ0n) is 47.7. The molecule has 3 aromatic heterocycles. The Bertz CT molecular complexity index is 3010. The topological polar surface area (TPSA) is 189 Å². The summed E-state index contributed by atoms with van der Waals surface area (Å²) in [5, 5.41) is 12.3. The van der Waals surface area contributed by atoms with Crippen LogP contribution >= 0.6 is 11.3 Å². The Morgan fingerprint density at radius 2 is 1.82 bits per heavy atom. The first-order valence-corrected chi connectivity index (χ1v) is 31.2. The lowest BCUT2D eigenvalue weighted by atomic mass is 9.84. The number of rotatable bonds is 11. The van der Waals surface area contributed by atoms with Gasteiger partial charge in [-0.2, -0.15) is 0 Å². The van der Waals surface area contributed by atoms with Crippen LogP contribution in [0.2, 0.25) is 0 Å². The first-order valence-electron chi connectivity index (χ1n) is 30.3. The van der Waals surface area contributed by atoms with E-state index in [1.165, 1.54) is 24.2 Å². The van der Waals surface area contributed by atoms with Gasteiger partial charge in [-0.25, -0.2) is 10.4 Å². The molecule has 13 rings (SSSR count). The van der Waals surface area contributed by atoms with Crippen LogP contribution in [0.4, 0.5) is 5.69 Å². The highest BCUT2D eigenvalue weighted by Crippen LogP contribution is 2.46. The number of piperazine rings is 1. The molecule has 80 heavy (non-hydrogen) atoms. The highest BCUT2D eigenvalue weighted by molar-refractivity contribution is 7.10. The van der Waals surface area contributed by atoms with Gasteiger partial charge < -0.3 is 33.9 Å². The fraction of sp³-hybridized carbons (Fsp3) is 0.672. The molecular formula is C61H83N11O7S. The second-order valence-electron chi connectivity index (χ2n) is 25.9. The predicted octanol–water partition coefficient (Wildman–Crippen LogP) is 5.96. The van der Waals surface area contributed by atoms with Crippen molar-refractivity contribution in [1.82, 2.24) is 50.3 Å². The van der Waals surface area contributed by atoms with Crippen molar-refractivity contribution in [3.05, 3.63) is 52.1 Å². The first-order chi connectivity index (χ1) is 38.8. The summed E-state index contributed by atoms with van der Waals surface area (Å²) in [6.45, 7) is 18.1. The number of hydrogen-bond donors (Lipinski definition) is 3. The Kier molecular flexibility index (Phi) is 14.9. The van der Waals surface area contributed by atoms with E-state index >= 15 is 9.59 Å². The van der Waals surface area contributed by atoms with Crippen molar-refractivity contribution in [2.45, 2.75) is 154 Å². The monoisotopic (exact) mass is 1110 g/mol. The Morgan fingerprint density at radius 3 is 2.64 bits per heavy atom. The van der Waals surface area contributed by atoms with Crippen LogP contribution in [0.3, 0.4) is 0 Å². The van der Waals surface area contributed by atoms with Gasteiger partial charge in [-0.05, 0) is 114 Å². The Hall–Kier alpha value is -5.02. The average molecular weight is 1110 g/mol. The number of hydrogen-bond acceptors (Lipinski definition) is 15. The Labute approximate surface area is 475 Å². The van der Waals surface area contributed by atoms with Crippen LogP contribution in [-0.2, 0) is 52.8 Å². The molecule has 430 valence electrons. The molecule has 7 aliphatic heterocycles. The minimum absolute atomic E-state index is 0.0293. The molecule has 4 aromatic rings. The molecular weight excluding hydrogens is 1030 g/mol. The third-order valence-electron chi connectivity index (χ3n) is 19.8. The largest absolute Gasteiger partial charge is 0.464 e. The zero-order chi connectivity index (χ0) is 55.0. The van der Waals surface area contributed by atoms with E-state index < -0.39 is 29.5 Å². The molecule has 0 radical (unpaired) electrons. The fourth-order valence-corrected chi connectivity index (χ4v) is 15.9. The third-order valence-corrected chi connectivity index (χ3v) is 20.6. The van der Waals surface area contributed by atoms with E-state index in [4.69, 9.17) is 24.2 Å². The van der Waals surface area contributed by atoms with E-state index in [0.29, 0.717) is 50.4 Å². The van der Waals surface area contributed by atoms with E-state index in [-0.39, 0.29) is 54.2 Å². The standard InChI is InChI=1S/C61H83N11O7S/c1-6-71-49-16-15-40-26-43(49)45(55(71)44-27-41(30-62-51(44)37(2)77-5)68-23-22-67-24-25-78-32-42(67)31-68)29-60(3,4)36-79-59(76)46-12-9-19-72(66-46)57(74)47(28-50-63-48(40)33-80-50)64-56(73)54(39-10-7-8-11-39)69-20-17-61(34-69)18-21-70(35-61)58(75)53-52(65-53)38-13-14-38/h15-16,26-27,30,33,37-39,42,46-47,52-54,65-66H,6-14,17-25,28-29,31-32,34-36H2,1-5H3,(H,64,73)/t37-,42-,46-,47-,52?,53+,54?,61-/m0/s1. The molecule has 3 amide bonds. The number of cyclic esters (lactones) is 1. The molecule has 2 saturated carbocycles. The Morgan fingerprint density at radius 1 is 0.988 bits per heavy atom. The number of methoxy groups -OCH3 is 1. The zero-order valence-corrected chi connectivity index (χ0v) is 48.5. The molecule has 9 aliphatic rings. The van der Waals surface area contributed by atoms with Crippen molar-refractivity contribution in [2.24, 2.45) is 22.7 Å². The molecule has 8 atom stereocenters. The minimum Gasteiger partial charge on any atom is -0.464 e. The molecule has 18 nitrogen and oxygen atoms in total. The number of thiazole rings is 1. The van der Waals surface area contributed by atoms with Crippen LogP contribution < -0.4 is 21.0 Å². The van der Waals surface area contributed by atoms with Crippen molar-refractivity contribution in [2.75, 3.05) is 90.7 Å². The van der Waals surface area contributed by atoms with Gasteiger partial charge in [-0.1, -0.05) is 32.8 Å². The van der Waals surface area contributed by atoms with Gasteiger partial charge in [0, 0.05) is 117 Å². The van der Waals surface area contributed by atoms with Gasteiger partial charge in [-0.15, -0.1) is 11.3 Å². The van der Waals surface area contributed by atoms with Crippen LogP contribution in [0, 0.1) is 22.7 Å². The summed E-state index contributed by atoms with van der Waals surface area (Å²) in [5.74, 6) is 0.269. The predicted molar refractivity (Wildman–Crippen MR) is 307 cm³/mol. The van der Waals surface area contributed by atoms with Crippen LogP contribution in [0.5, 0.6) is 0 Å². The maximum atomic E-state index is 15.2. The van der Waals surface area contributed by atoms with Crippen LogP contribution in [-0.4, -0.2) is 180 Å². The molecule has 8 fully saturated rings. The highest BCUT2D eigenvalue weighted by atomic mass is 32.1. The number of aryl methyl sites for hydroxylation is 1. The number of carbonyl (C=O) groups is 4.